The SMILES string of the molecule is CCCCc1nc(NCCCc2nc(NC)nc(Sc3ccccc3)n2)nc(SCC)n1. The summed E-state index contributed by atoms with van der Waals surface area (Å²) in [6.07, 6.45) is 4.67. The molecular formula is C22H30N8S2. The first-order valence-electron chi connectivity index (χ1n) is 11.0. The second-order valence-electron chi connectivity index (χ2n) is 6.95. The first kappa shape index (κ1) is 24.2. The lowest BCUT2D eigenvalue weighted by Crippen LogP contribution is -2.11. The summed E-state index contributed by atoms with van der Waals surface area (Å²) in [5.74, 6) is 3.80. The maximum atomic E-state index is 4.64. The average molecular weight is 471 g/mol. The van der Waals surface area contributed by atoms with Crippen LogP contribution in [0.1, 0.15) is 44.8 Å². The van der Waals surface area contributed by atoms with Gasteiger partial charge in [0.2, 0.25) is 11.9 Å². The topological polar surface area (TPSA) is 101 Å². The quantitative estimate of drug-likeness (QED) is 0.269. The Hall–Kier alpha value is -2.46. The van der Waals surface area contributed by atoms with Crippen molar-refractivity contribution < 1.29 is 0 Å². The van der Waals surface area contributed by atoms with Crippen molar-refractivity contribution >= 4 is 35.4 Å². The Labute approximate surface area is 198 Å². The molecule has 0 unspecified atom stereocenters. The average Bonchev–Trinajstić information content (AvgIpc) is 2.81. The highest BCUT2D eigenvalue weighted by Crippen LogP contribution is 2.24. The highest BCUT2D eigenvalue weighted by atomic mass is 32.2. The van der Waals surface area contributed by atoms with Gasteiger partial charge < -0.3 is 10.6 Å². The van der Waals surface area contributed by atoms with Crippen LogP contribution in [0.15, 0.2) is 45.5 Å². The van der Waals surface area contributed by atoms with E-state index < -0.39 is 0 Å². The van der Waals surface area contributed by atoms with E-state index in [9.17, 15) is 0 Å². The molecule has 0 radical (unpaired) electrons. The molecule has 2 heterocycles. The minimum atomic E-state index is 0.584. The zero-order chi connectivity index (χ0) is 22.6. The van der Waals surface area contributed by atoms with Gasteiger partial charge in [-0.15, -0.1) is 0 Å². The third kappa shape index (κ3) is 7.90. The normalized spacial score (nSPS) is 10.8. The molecule has 0 atom stereocenters. The standard InChI is InChI=1S/C22H30N8S2/c1-4-6-13-17-26-20(30-21(27-17)31-5-2)24-15-10-14-18-25-19(23-3)29-22(28-18)32-16-11-8-7-9-12-16/h7-9,11-12H,4-6,10,13-15H2,1-3H3,(H,23,25,28,29)(H,24,26,27,30). The van der Waals surface area contributed by atoms with Gasteiger partial charge in [0.25, 0.3) is 0 Å². The van der Waals surface area contributed by atoms with Gasteiger partial charge in [0, 0.05) is 31.3 Å². The van der Waals surface area contributed by atoms with Gasteiger partial charge in [0.1, 0.15) is 11.6 Å². The van der Waals surface area contributed by atoms with E-state index in [-0.39, 0.29) is 0 Å². The molecule has 0 aliphatic carbocycles. The molecule has 2 N–H and O–H groups in total. The highest BCUT2D eigenvalue weighted by Gasteiger charge is 2.09. The Balaban J connectivity index is 1.59. The van der Waals surface area contributed by atoms with E-state index in [1.165, 1.54) is 11.8 Å². The number of aryl methyl sites for hydroxylation is 2. The maximum absolute atomic E-state index is 4.64. The molecule has 10 heteroatoms. The molecule has 3 rings (SSSR count). The van der Waals surface area contributed by atoms with Crippen LogP contribution in [-0.4, -0.2) is 49.2 Å². The molecule has 0 aliphatic heterocycles. The number of nitrogens with one attached hydrogen (secondary N) is 2. The van der Waals surface area contributed by atoms with Gasteiger partial charge in [-0.1, -0.05) is 50.2 Å². The summed E-state index contributed by atoms with van der Waals surface area (Å²) < 4.78 is 0. The molecule has 0 saturated heterocycles. The molecule has 3 aromatic rings. The minimum absolute atomic E-state index is 0.584. The van der Waals surface area contributed by atoms with Crippen LogP contribution in [0, 0.1) is 0 Å². The minimum Gasteiger partial charge on any atom is -0.357 e. The molecule has 0 amide bonds. The number of rotatable bonds is 13. The number of benzene rings is 1. The van der Waals surface area contributed by atoms with E-state index in [0.717, 1.165) is 66.1 Å². The number of thioether (sulfide) groups is 1. The van der Waals surface area contributed by atoms with Crippen molar-refractivity contribution in [1.29, 1.82) is 0 Å². The van der Waals surface area contributed by atoms with Crippen molar-refractivity contribution in [3.8, 4) is 0 Å². The highest BCUT2D eigenvalue weighted by molar-refractivity contribution is 7.99. The molecule has 1 aromatic carbocycles. The Morgan fingerprint density at radius 2 is 1.47 bits per heavy atom. The number of aromatic nitrogens is 6. The number of hydrogen-bond acceptors (Lipinski definition) is 10. The predicted molar refractivity (Wildman–Crippen MR) is 132 cm³/mol. The van der Waals surface area contributed by atoms with Crippen LogP contribution in [0.5, 0.6) is 0 Å². The van der Waals surface area contributed by atoms with Crippen LogP contribution < -0.4 is 10.6 Å². The Kier molecular flexibility index (Phi) is 9.96. The number of unbranched alkanes of at least 4 members (excludes halogenated alkanes) is 1. The zero-order valence-corrected chi connectivity index (χ0v) is 20.5. The van der Waals surface area contributed by atoms with Gasteiger partial charge >= 0.3 is 0 Å². The van der Waals surface area contributed by atoms with Crippen LogP contribution in [0.4, 0.5) is 11.9 Å². The van der Waals surface area contributed by atoms with Crippen molar-refractivity contribution in [2.24, 2.45) is 0 Å². The van der Waals surface area contributed by atoms with E-state index in [1.807, 2.05) is 37.4 Å². The van der Waals surface area contributed by atoms with Crippen LogP contribution in [-0.2, 0) is 12.8 Å². The lowest BCUT2D eigenvalue weighted by Gasteiger charge is -2.09. The molecule has 0 fully saturated rings. The van der Waals surface area contributed by atoms with E-state index >= 15 is 0 Å². The summed E-state index contributed by atoms with van der Waals surface area (Å²) in [6.45, 7) is 5.01. The number of hydrogen-bond donors (Lipinski definition) is 2. The maximum Gasteiger partial charge on any atom is 0.226 e. The number of anilines is 2. The van der Waals surface area contributed by atoms with Crippen LogP contribution in [0.3, 0.4) is 0 Å². The van der Waals surface area contributed by atoms with Crippen molar-refractivity contribution in [2.75, 3.05) is 30.0 Å². The van der Waals surface area contributed by atoms with Gasteiger partial charge in [-0.3, -0.25) is 0 Å². The first-order valence-corrected chi connectivity index (χ1v) is 12.8. The Morgan fingerprint density at radius 3 is 2.19 bits per heavy atom. The fourth-order valence-electron chi connectivity index (χ4n) is 2.83. The van der Waals surface area contributed by atoms with Crippen molar-refractivity contribution in [3.63, 3.8) is 0 Å². The summed E-state index contributed by atoms with van der Waals surface area (Å²) in [5.41, 5.74) is 0. The molecule has 170 valence electrons. The molecule has 8 nitrogen and oxygen atoms in total. The third-order valence-electron chi connectivity index (χ3n) is 4.39. The van der Waals surface area contributed by atoms with Crippen molar-refractivity contribution in [1.82, 2.24) is 29.9 Å². The predicted octanol–water partition coefficient (Wildman–Crippen LogP) is 4.75. The van der Waals surface area contributed by atoms with E-state index in [2.05, 4.69) is 54.4 Å². The fraction of sp³-hybridized carbons (Fsp3) is 0.455. The van der Waals surface area contributed by atoms with Gasteiger partial charge in [-0.2, -0.15) is 19.9 Å². The molecule has 32 heavy (non-hydrogen) atoms. The molecular weight excluding hydrogens is 440 g/mol. The second-order valence-corrected chi connectivity index (χ2v) is 9.22. The van der Waals surface area contributed by atoms with Crippen molar-refractivity contribution in [3.05, 3.63) is 42.0 Å². The Morgan fingerprint density at radius 1 is 0.781 bits per heavy atom. The van der Waals surface area contributed by atoms with Crippen LogP contribution >= 0.6 is 23.5 Å². The smallest absolute Gasteiger partial charge is 0.226 e. The lowest BCUT2D eigenvalue weighted by atomic mass is 10.2. The molecule has 0 saturated carbocycles. The lowest BCUT2D eigenvalue weighted by molar-refractivity contribution is 0.716. The number of nitrogens with zero attached hydrogens (tertiary/aromatic N) is 6. The Bertz CT molecular complexity index is 971. The van der Waals surface area contributed by atoms with Crippen LogP contribution in [0.25, 0.3) is 0 Å². The fourth-order valence-corrected chi connectivity index (χ4v) is 4.19. The molecule has 2 aromatic heterocycles. The molecule has 0 bridgehead atoms. The second kappa shape index (κ2) is 13.2. The van der Waals surface area contributed by atoms with E-state index in [4.69, 9.17) is 0 Å². The monoisotopic (exact) mass is 470 g/mol. The van der Waals surface area contributed by atoms with Crippen LogP contribution in [0.2, 0.25) is 0 Å². The first-order chi connectivity index (χ1) is 15.7. The van der Waals surface area contributed by atoms with Gasteiger partial charge in [-0.05, 0) is 42.5 Å². The summed E-state index contributed by atoms with van der Waals surface area (Å²) in [7, 11) is 1.82. The van der Waals surface area contributed by atoms with E-state index in [1.54, 1.807) is 11.8 Å². The summed E-state index contributed by atoms with van der Waals surface area (Å²) in [4.78, 5) is 28.4. The van der Waals surface area contributed by atoms with Gasteiger partial charge in [0.05, 0.1) is 0 Å². The summed E-state index contributed by atoms with van der Waals surface area (Å²) >= 11 is 3.18. The summed E-state index contributed by atoms with van der Waals surface area (Å²) in [5, 5.41) is 7.86. The van der Waals surface area contributed by atoms with Gasteiger partial charge in [0.15, 0.2) is 10.3 Å². The summed E-state index contributed by atoms with van der Waals surface area (Å²) in [6, 6.07) is 10.1. The largest absolute Gasteiger partial charge is 0.357 e. The van der Waals surface area contributed by atoms with Crippen molar-refractivity contribution in [2.45, 2.75) is 61.2 Å². The molecule has 0 spiro atoms. The zero-order valence-electron chi connectivity index (χ0n) is 18.8. The molecule has 0 aliphatic rings. The van der Waals surface area contributed by atoms with E-state index in [0.29, 0.717) is 17.1 Å². The third-order valence-corrected chi connectivity index (χ3v) is 5.99. The van der Waals surface area contributed by atoms with Gasteiger partial charge in [-0.25, -0.2) is 9.97 Å².